The lowest BCUT2D eigenvalue weighted by Crippen LogP contribution is -2.57. The standard InChI is InChI=1S/C14H21IN2/c1-10(2)14-8-16-11(3)9-17(14)13-6-4-12(15)5-7-13/h4-7,10-11,14,16H,8-9H2,1-3H3. The number of nitrogens with one attached hydrogen (secondary N) is 1. The highest BCUT2D eigenvalue weighted by Crippen LogP contribution is 2.24. The molecule has 0 aliphatic carbocycles. The van der Waals surface area contributed by atoms with Crippen molar-refractivity contribution in [3.8, 4) is 0 Å². The van der Waals surface area contributed by atoms with E-state index in [1.165, 1.54) is 9.26 Å². The van der Waals surface area contributed by atoms with E-state index in [0.717, 1.165) is 13.1 Å². The van der Waals surface area contributed by atoms with Crippen LogP contribution >= 0.6 is 22.6 Å². The van der Waals surface area contributed by atoms with Crippen molar-refractivity contribution in [3.63, 3.8) is 0 Å². The molecule has 3 heteroatoms. The minimum atomic E-state index is 0.573. The third kappa shape index (κ3) is 3.13. The molecule has 1 saturated heterocycles. The molecular weight excluding hydrogens is 323 g/mol. The van der Waals surface area contributed by atoms with Crippen molar-refractivity contribution in [2.45, 2.75) is 32.9 Å². The van der Waals surface area contributed by atoms with Crippen molar-refractivity contribution in [2.24, 2.45) is 5.92 Å². The predicted molar refractivity (Wildman–Crippen MR) is 82.6 cm³/mol. The summed E-state index contributed by atoms with van der Waals surface area (Å²) in [7, 11) is 0. The van der Waals surface area contributed by atoms with E-state index in [1.807, 2.05) is 0 Å². The lowest BCUT2D eigenvalue weighted by Gasteiger charge is -2.43. The number of halogens is 1. The Bertz CT molecular complexity index is 361. The lowest BCUT2D eigenvalue weighted by molar-refractivity contribution is 0.349. The van der Waals surface area contributed by atoms with Gasteiger partial charge in [0.05, 0.1) is 0 Å². The Morgan fingerprint density at radius 3 is 2.53 bits per heavy atom. The fraction of sp³-hybridized carbons (Fsp3) is 0.571. The van der Waals surface area contributed by atoms with Crippen LogP contribution in [0.5, 0.6) is 0 Å². The molecule has 1 aromatic carbocycles. The van der Waals surface area contributed by atoms with Crippen LogP contribution in [0.25, 0.3) is 0 Å². The molecular formula is C14H21IN2. The first-order chi connectivity index (χ1) is 8.08. The maximum Gasteiger partial charge on any atom is 0.0438 e. The van der Waals surface area contributed by atoms with Crippen LogP contribution in [0.1, 0.15) is 20.8 Å². The van der Waals surface area contributed by atoms with E-state index in [1.54, 1.807) is 0 Å². The molecule has 0 amide bonds. The van der Waals surface area contributed by atoms with E-state index in [0.29, 0.717) is 18.0 Å². The van der Waals surface area contributed by atoms with Gasteiger partial charge in [-0.15, -0.1) is 0 Å². The summed E-state index contributed by atoms with van der Waals surface area (Å²) in [6, 6.07) is 10.1. The lowest BCUT2D eigenvalue weighted by atomic mass is 9.98. The summed E-state index contributed by atoms with van der Waals surface area (Å²) in [6.45, 7) is 9.06. The van der Waals surface area contributed by atoms with E-state index in [4.69, 9.17) is 0 Å². The van der Waals surface area contributed by atoms with E-state index in [9.17, 15) is 0 Å². The second kappa shape index (κ2) is 5.57. The molecule has 2 atom stereocenters. The van der Waals surface area contributed by atoms with Gasteiger partial charge in [0.15, 0.2) is 0 Å². The zero-order valence-corrected chi connectivity index (χ0v) is 12.9. The maximum atomic E-state index is 3.58. The first-order valence-electron chi connectivity index (χ1n) is 6.33. The number of nitrogens with zero attached hydrogens (tertiary/aromatic N) is 1. The number of piperazine rings is 1. The summed E-state index contributed by atoms with van der Waals surface area (Å²) in [5.41, 5.74) is 1.36. The maximum absolute atomic E-state index is 3.58. The van der Waals surface area contributed by atoms with Gasteiger partial charge in [0.25, 0.3) is 0 Å². The Morgan fingerprint density at radius 1 is 1.29 bits per heavy atom. The molecule has 0 radical (unpaired) electrons. The third-order valence-corrected chi connectivity index (χ3v) is 4.19. The zero-order valence-electron chi connectivity index (χ0n) is 10.8. The van der Waals surface area contributed by atoms with Crippen molar-refractivity contribution in [3.05, 3.63) is 27.8 Å². The van der Waals surface area contributed by atoms with Crippen LogP contribution in [0, 0.1) is 9.49 Å². The van der Waals surface area contributed by atoms with Gasteiger partial charge < -0.3 is 10.2 Å². The van der Waals surface area contributed by atoms with Crippen molar-refractivity contribution in [1.82, 2.24) is 5.32 Å². The molecule has 0 aromatic heterocycles. The first kappa shape index (κ1) is 13.1. The van der Waals surface area contributed by atoms with Crippen LogP contribution in [-0.4, -0.2) is 25.2 Å². The quantitative estimate of drug-likeness (QED) is 0.830. The molecule has 1 aliphatic rings. The van der Waals surface area contributed by atoms with E-state index >= 15 is 0 Å². The van der Waals surface area contributed by atoms with Gasteiger partial charge in [0.1, 0.15) is 0 Å². The van der Waals surface area contributed by atoms with Crippen molar-refractivity contribution in [2.75, 3.05) is 18.0 Å². The summed E-state index contributed by atoms with van der Waals surface area (Å²) in [5, 5.41) is 3.58. The molecule has 17 heavy (non-hydrogen) atoms. The molecule has 0 saturated carbocycles. The third-order valence-electron chi connectivity index (χ3n) is 3.47. The Labute approximate surface area is 118 Å². The molecule has 0 spiro atoms. The normalized spacial score (nSPS) is 25.4. The molecule has 1 fully saturated rings. The first-order valence-corrected chi connectivity index (χ1v) is 7.41. The van der Waals surface area contributed by atoms with E-state index < -0.39 is 0 Å². The second-order valence-corrected chi connectivity index (χ2v) is 6.50. The van der Waals surface area contributed by atoms with Crippen LogP contribution < -0.4 is 10.2 Å². The zero-order chi connectivity index (χ0) is 12.4. The van der Waals surface area contributed by atoms with Gasteiger partial charge in [-0.25, -0.2) is 0 Å². The van der Waals surface area contributed by atoms with Crippen molar-refractivity contribution in [1.29, 1.82) is 0 Å². The van der Waals surface area contributed by atoms with Crippen LogP contribution in [0.3, 0.4) is 0 Å². The average Bonchev–Trinajstić information content (AvgIpc) is 2.29. The molecule has 2 rings (SSSR count). The molecule has 94 valence electrons. The molecule has 1 aliphatic heterocycles. The topological polar surface area (TPSA) is 15.3 Å². The summed E-state index contributed by atoms with van der Waals surface area (Å²) in [6.07, 6.45) is 0. The molecule has 2 unspecified atom stereocenters. The molecule has 0 bridgehead atoms. The molecule has 1 N–H and O–H groups in total. The summed E-state index contributed by atoms with van der Waals surface area (Å²) in [5.74, 6) is 0.675. The molecule has 2 nitrogen and oxygen atoms in total. The van der Waals surface area contributed by atoms with Crippen LogP contribution in [0.2, 0.25) is 0 Å². The fourth-order valence-corrected chi connectivity index (χ4v) is 2.81. The number of benzene rings is 1. The Morgan fingerprint density at radius 2 is 1.94 bits per heavy atom. The number of rotatable bonds is 2. The summed E-state index contributed by atoms with van der Waals surface area (Å²) < 4.78 is 1.30. The van der Waals surface area contributed by atoms with Gasteiger partial charge >= 0.3 is 0 Å². The number of hydrogen-bond acceptors (Lipinski definition) is 2. The monoisotopic (exact) mass is 344 g/mol. The van der Waals surface area contributed by atoms with Crippen LogP contribution in [0.15, 0.2) is 24.3 Å². The highest BCUT2D eigenvalue weighted by Gasteiger charge is 2.27. The van der Waals surface area contributed by atoms with Gasteiger partial charge in [-0.2, -0.15) is 0 Å². The minimum absolute atomic E-state index is 0.573. The SMILES string of the molecule is CC1CN(c2ccc(I)cc2)C(C(C)C)CN1. The Hall–Kier alpha value is -0.290. The van der Waals surface area contributed by atoms with Gasteiger partial charge in [0.2, 0.25) is 0 Å². The van der Waals surface area contributed by atoms with Gasteiger partial charge in [-0.3, -0.25) is 0 Å². The minimum Gasteiger partial charge on any atom is -0.365 e. The molecule has 1 aromatic rings. The van der Waals surface area contributed by atoms with Gasteiger partial charge in [0, 0.05) is 34.4 Å². The van der Waals surface area contributed by atoms with Gasteiger partial charge in [-0.1, -0.05) is 13.8 Å². The highest BCUT2D eigenvalue weighted by molar-refractivity contribution is 14.1. The summed E-state index contributed by atoms with van der Waals surface area (Å²) in [4.78, 5) is 2.56. The van der Waals surface area contributed by atoms with Crippen molar-refractivity contribution >= 4 is 28.3 Å². The molecule has 1 heterocycles. The van der Waals surface area contributed by atoms with Crippen LogP contribution in [-0.2, 0) is 0 Å². The Balaban J connectivity index is 2.22. The number of anilines is 1. The highest BCUT2D eigenvalue weighted by atomic mass is 127. The van der Waals surface area contributed by atoms with Gasteiger partial charge in [-0.05, 0) is 59.7 Å². The van der Waals surface area contributed by atoms with E-state index in [-0.39, 0.29) is 0 Å². The van der Waals surface area contributed by atoms with E-state index in [2.05, 4.69) is 77.8 Å². The number of hydrogen-bond donors (Lipinski definition) is 1. The second-order valence-electron chi connectivity index (χ2n) is 5.25. The average molecular weight is 344 g/mol. The van der Waals surface area contributed by atoms with Crippen molar-refractivity contribution < 1.29 is 0 Å². The fourth-order valence-electron chi connectivity index (χ4n) is 2.45. The van der Waals surface area contributed by atoms with Crippen LogP contribution in [0.4, 0.5) is 5.69 Å². The predicted octanol–water partition coefficient (Wildman–Crippen LogP) is 3.11. The summed E-state index contributed by atoms with van der Waals surface area (Å²) >= 11 is 2.36. The Kier molecular flexibility index (Phi) is 4.31. The largest absolute Gasteiger partial charge is 0.365 e. The smallest absolute Gasteiger partial charge is 0.0438 e.